The Balaban J connectivity index is 1.76. The Bertz CT molecular complexity index is 1860. The second-order valence-electron chi connectivity index (χ2n) is 11.7. The molecule has 2 aromatic heterocycles. The lowest BCUT2D eigenvalue weighted by molar-refractivity contribution is -0.633. The first-order valence-corrected chi connectivity index (χ1v) is 14.3. The Kier molecular flexibility index (Phi) is 6.37. The van der Waals surface area contributed by atoms with E-state index in [-0.39, 0.29) is 0 Å². The number of benzene rings is 4. The van der Waals surface area contributed by atoms with Crippen LogP contribution in [0.1, 0.15) is 67.3 Å². The third kappa shape index (κ3) is 3.97. The molecule has 4 heteroatoms. The van der Waals surface area contributed by atoms with Crippen molar-refractivity contribution in [1.82, 2.24) is 9.55 Å². The van der Waals surface area contributed by atoms with Crippen LogP contribution >= 0.6 is 0 Å². The summed E-state index contributed by atoms with van der Waals surface area (Å²) in [5, 5.41) is 0. The number of aryl methyl sites for hydroxylation is 4. The van der Waals surface area contributed by atoms with Crippen molar-refractivity contribution in [2.45, 2.75) is 60.3 Å². The van der Waals surface area contributed by atoms with Gasteiger partial charge in [-0.1, -0.05) is 82.3 Å². The normalized spacial score (nSPS) is 11.9. The number of aromatic nitrogens is 3. The molecule has 6 aromatic rings. The van der Waals surface area contributed by atoms with Crippen LogP contribution in [-0.2, 0) is 7.05 Å². The zero-order chi connectivity index (χ0) is 28.3. The Labute approximate surface area is 236 Å². The summed E-state index contributed by atoms with van der Waals surface area (Å²) in [5.41, 5.74) is 13.6. The molecule has 0 saturated carbocycles. The fourth-order valence-corrected chi connectivity index (χ4v) is 6.22. The smallest absolute Gasteiger partial charge is 0.299 e. The number of para-hydroxylation sites is 3. The van der Waals surface area contributed by atoms with Gasteiger partial charge in [-0.05, 0) is 67.5 Å². The van der Waals surface area contributed by atoms with Gasteiger partial charge in [0.1, 0.15) is 16.8 Å². The molecule has 0 saturated heterocycles. The van der Waals surface area contributed by atoms with E-state index in [1.807, 2.05) is 0 Å². The van der Waals surface area contributed by atoms with Crippen LogP contribution in [0.5, 0.6) is 0 Å². The van der Waals surface area contributed by atoms with Crippen molar-refractivity contribution in [2.24, 2.45) is 7.05 Å². The lowest BCUT2D eigenvalue weighted by atomic mass is 9.92. The van der Waals surface area contributed by atoms with E-state index in [0.717, 1.165) is 44.7 Å². The largest absolute Gasteiger partial charge is 0.435 e. The first-order valence-electron chi connectivity index (χ1n) is 14.3. The van der Waals surface area contributed by atoms with Crippen molar-refractivity contribution >= 4 is 22.1 Å². The zero-order valence-electron chi connectivity index (χ0n) is 24.8. The summed E-state index contributed by atoms with van der Waals surface area (Å²) < 4.78 is 11.5. The molecular formula is C36H38N3O+. The molecule has 0 spiro atoms. The minimum Gasteiger partial charge on any atom is -0.435 e. The van der Waals surface area contributed by atoms with Crippen LogP contribution < -0.4 is 4.57 Å². The summed E-state index contributed by atoms with van der Waals surface area (Å²) >= 11 is 0. The third-order valence-corrected chi connectivity index (χ3v) is 8.26. The van der Waals surface area contributed by atoms with E-state index in [0.29, 0.717) is 17.7 Å². The van der Waals surface area contributed by atoms with Gasteiger partial charge in [0.25, 0.3) is 5.82 Å². The molecular weight excluding hydrogens is 490 g/mol. The second-order valence-corrected chi connectivity index (χ2v) is 11.7. The summed E-state index contributed by atoms with van der Waals surface area (Å²) in [6.45, 7) is 15.6. The zero-order valence-corrected chi connectivity index (χ0v) is 24.8. The summed E-state index contributed by atoms with van der Waals surface area (Å²) in [7, 11) is 2.17. The van der Waals surface area contributed by atoms with Crippen LogP contribution in [0.4, 0.5) is 0 Å². The van der Waals surface area contributed by atoms with Gasteiger partial charge in [0, 0.05) is 16.7 Å². The topological polar surface area (TPSA) is 34.8 Å². The molecule has 4 nitrogen and oxygen atoms in total. The van der Waals surface area contributed by atoms with Crippen molar-refractivity contribution in [3.05, 3.63) is 101 Å². The number of hydrogen-bond acceptors (Lipinski definition) is 2. The minimum atomic E-state index is 0.367. The molecule has 0 bridgehead atoms. The lowest BCUT2D eigenvalue weighted by Gasteiger charge is -2.18. The van der Waals surface area contributed by atoms with Crippen molar-refractivity contribution < 1.29 is 8.98 Å². The number of rotatable bonds is 5. The van der Waals surface area contributed by atoms with Gasteiger partial charge in [0.2, 0.25) is 5.89 Å². The van der Waals surface area contributed by atoms with Gasteiger partial charge >= 0.3 is 0 Å². The molecule has 0 unspecified atom stereocenters. The van der Waals surface area contributed by atoms with Crippen molar-refractivity contribution in [3.8, 4) is 28.5 Å². The molecule has 0 aliphatic rings. The molecule has 0 N–H and O–H groups in total. The van der Waals surface area contributed by atoms with Crippen LogP contribution in [0.15, 0.2) is 77.2 Å². The molecule has 4 aromatic carbocycles. The highest BCUT2D eigenvalue weighted by atomic mass is 16.3. The van der Waals surface area contributed by atoms with E-state index < -0.39 is 0 Å². The predicted molar refractivity (Wildman–Crippen MR) is 165 cm³/mol. The van der Waals surface area contributed by atoms with E-state index in [4.69, 9.17) is 9.40 Å². The SMILES string of the molecule is Cc1cccc(C)c1-c1nc2ccc(C)c(-c3n(-c4c(C(C)C)cccc4C(C)C)c4ccccc4[n+]3C)c2o1. The van der Waals surface area contributed by atoms with Gasteiger partial charge in [-0.15, -0.1) is 0 Å². The monoisotopic (exact) mass is 528 g/mol. The highest BCUT2D eigenvalue weighted by Crippen LogP contribution is 2.40. The summed E-state index contributed by atoms with van der Waals surface area (Å²) in [6, 6.07) is 26.1. The highest BCUT2D eigenvalue weighted by molar-refractivity contribution is 5.93. The Morgan fingerprint density at radius 1 is 0.700 bits per heavy atom. The van der Waals surface area contributed by atoms with E-state index in [2.05, 4.69) is 137 Å². The molecule has 6 rings (SSSR count). The van der Waals surface area contributed by atoms with E-state index in [9.17, 15) is 0 Å². The summed E-state index contributed by atoms with van der Waals surface area (Å²) in [4.78, 5) is 5.02. The predicted octanol–water partition coefficient (Wildman–Crippen LogP) is 9.10. The Morgan fingerprint density at radius 3 is 1.95 bits per heavy atom. The number of nitrogens with zero attached hydrogens (tertiary/aromatic N) is 3. The highest BCUT2D eigenvalue weighted by Gasteiger charge is 2.33. The average Bonchev–Trinajstić information content (AvgIpc) is 3.47. The fraction of sp³-hybridized carbons (Fsp3) is 0.278. The van der Waals surface area contributed by atoms with Crippen LogP contribution in [-0.4, -0.2) is 9.55 Å². The van der Waals surface area contributed by atoms with E-state index in [1.165, 1.54) is 27.8 Å². The number of oxazole rings is 1. The Hall–Kier alpha value is -4.18. The van der Waals surface area contributed by atoms with Gasteiger partial charge in [0.15, 0.2) is 16.6 Å². The first-order chi connectivity index (χ1) is 19.2. The van der Waals surface area contributed by atoms with Crippen LogP contribution in [0.3, 0.4) is 0 Å². The fourth-order valence-electron chi connectivity index (χ4n) is 6.22. The Morgan fingerprint density at radius 2 is 1.30 bits per heavy atom. The number of hydrogen-bond donors (Lipinski definition) is 0. The van der Waals surface area contributed by atoms with E-state index in [1.54, 1.807) is 0 Å². The second kappa shape index (κ2) is 9.78. The molecule has 0 atom stereocenters. The van der Waals surface area contributed by atoms with E-state index >= 15 is 0 Å². The molecule has 0 radical (unpaired) electrons. The van der Waals surface area contributed by atoms with Crippen LogP contribution in [0.2, 0.25) is 0 Å². The van der Waals surface area contributed by atoms with Gasteiger partial charge in [-0.2, -0.15) is 4.57 Å². The lowest BCUT2D eigenvalue weighted by Crippen LogP contribution is -2.30. The van der Waals surface area contributed by atoms with Gasteiger partial charge in [-0.3, -0.25) is 0 Å². The minimum absolute atomic E-state index is 0.367. The number of imidazole rings is 1. The maximum Gasteiger partial charge on any atom is 0.299 e. The van der Waals surface area contributed by atoms with Crippen molar-refractivity contribution in [1.29, 1.82) is 0 Å². The molecule has 0 aliphatic heterocycles. The van der Waals surface area contributed by atoms with Gasteiger partial charge in [-0.25, -0.2) is 9.55 Å². The summed E-state index contributed by atoms with van der Waals surface area (Å²) in [6.07, 6.45) is 0. The average molecular weight is 529 g/mol. The molecule has 0 aliphatic carbocycles. The molecule has 0 fully saturated rings. The van der Waals surface area contributed by atoms with Gasteiger partial charge < -0.3 is 4.42 Å². The molecule has 202 valence electrons. The van der Waals surface area contributed by atoms with Gasteiger partial charge in [0.05, 0.1) is 7.05 Å². The maximum absolute atomic E-state index is 6.74. The van der Waals surface area contributed by atoms with Crippen LogP contribution in [0.25, 0.3) is 50.7 Å². The molecule has 40 heavy (non-hydrogen) atoms. The van der Waals surface area contributed by atoms with Crippen molar-refractivity contribution in [2.75, 3.05) is 0 Å². The third-order valence-electron chi connectivity index (χ3n) is 8.26. The molecule has 0 amide bonds. The molecule has 2 heterocycles. The van der Waals surface area contributed by atoms with Crippen molar-refractivity contribution in [3.63, 3.8) is 0 Å². The quantitative estimate of drug-likeness (QED) is 0.209. The summed E-state index contributed by atoms with van der Waals surface area (Å²) in [5.74, 6) is 2.51. The van der Waals surface area contributed by atoms with Crippen LogP contribution in [0, 0.1) is 20.8 Å². The standard InChI is InChI=1S/C36H38N3O/c1-21(2)26-15-12-16-27(22(3)4)33(26)39-30-18-10-9-17-29(30)38(8)36(39)32-25(7)19-20-28-34(32)40-35(37-28)31-23(5)13-11-14-24(31)6/h9-22H,1-8H3/q+1. The maximum atomic E-state index is 6.74. The number of fused-ring (bicyclic) bond motifs is 2. The first kappa shape index (κ1) is 26.1.